The molecule has 84 valence electrons. The molecule has 0 aromatic heterocycles. The largest absolute Gasteiger partial charge is 0.320 e. The molecule has 0 amide bonds. The van der Waals surface area contributed by atoms with Crippen LogP contribution in [-0.4, -0.2) is 5.54 Å². The van der Waals surface area contributed by atoms with Crippen molar-refractivity contribution in [2.45, 2.75) is 37.6 Å². The molecule has 0 saturated heterocycles. The van der Waals surface area contributed by atoms with Gasteiger partial charge >= 0.3 is 0 Å². The molecule has 1 aliphatic rings. The highest BCUT2D eigenvalue weighted by molar-refractivity contribution is 5.41. The van der Waals surface area contributed by atoms with E-state index in [4.69, 9.17) is 0 Å². The molecular weight excluding hydrogens is 198 g/mol. The molecular formula is C13H17N3. The third-order valence-electron chi connectivity index (χ3n) is 3.14. The van der Waals surface area contributed by atoms with Crippen LogP contribution in [0.25, 0.3) is 0 Å². The van der Waals surface area contributed by atoms with Gasteiger partial charge in [0, 0.05) is 5.69 Å². The predicted molar refractivity (Wildman–Crippen MR) is 64.6 cm³/mol. The van der Waals surface area contributed by atoms with Gasteiger partial charge in [0.15, 0.2) is 0 Å². The van der Waals surface area contributed by atoms with E-state index in [1.165, 1.54) is 6.42 Å². The Balaban J connectivity index is 1.95. The number of nitrogens with one attached hydrogen (secondary N) is 2. The van der Waals surface area contributed by atoms with E-state index in [0.717, 1.165) is 31.4 Å². The summed E-state index contributed by atoms with van der Waals surface area (Å²) in [5, 5.41) is 9.27. The number of benzene rings is 1. The molecule has 0 aliphatic heterocycles. The first kappa shape index (κ1) is 11.0. The highest BCUT2D eigenvalue weighted by atomic mass is 15.4. The van der Waals surface area contributed by atoms with Crippen LogP contribution in [0.5, 0.6) is 0 Å². The first-order valence-corrected chi connectivity index (χ1v) is 5.84. The minimum Gasteiger partial charge on any atom is -0.320 e. The summed E-state index contributed by atoms with van der Waals surface area (Å²) in [5.74, 6) is 0. The summed E-state index contributed by atoms with van der Waals surface area (Å²) >= 11 is 0. The van der Waals surface area contributed by atoms with Crippen molar-refractivity contribution in [1.29, 1.82) is 5.26 Å². The van der Waals surface area contributed by atoms with Crippen LogP contribution >= 0.6 is 0 Å². The molecule has 2 N–H and O–H groups in total. The molecule has 0 bridgehead atoms. The maximum Gasteiger partial charge on any atom is 0.123 e. The van der Waals surface area contributed by atoms with Gasteiger partial charge in [0.25, 0.3) is 0 Å². The quantitative estimate of drug-likeness (QED) is 0.762. The normalized spacial score (nSPS) is 18.7. The maximum absolute atomic E-state index is 9.27. The zero-order valence-electron chi connectivity index (χ0n) is 9.37. The lowest BCUT2D eigenvalue weighted by molar-refractivity contribution is 0.315. The lowest BCUT2D eigenvalue weighted by Crippen LogP contribution is -2.48. The zero-order chi connectivity index (χ0) is 11.3. The molecule has 0 heterocycles. The fourth-order valence-electron chi connectivity index (χ4n) is 2.13. The van der Waals surface area contributed by atoms with E-state index in [9.17, 15) is 5.26 Å². The topological polar surface area (TPSA) is 47.9 Å². The van der Waals surface area contributed by atoms with Gasteiger partial charge in [-0.3, -0.25) is 0 Å². The van der Waals surface area contributed by atoms with Crippen LogP contribution in [0, 0.1) is 11.3 Å². The molecule has 1 saturated carbocycles. The first-order chi connectivity index (χ1) is 7.85. The third-order valence-corrected chi connectivity index (χ3v) is 3.14. The Kier molecular flexibility index (Phi) is 3.43. The Morgan fingerprint density at radius 1 is 1.06 bits per heavy atom. The van der Waals surface area contributed by atoms with Crippen molar-refractivity contribution in [3.05, 3.63) is 30.3 Å². The molecule has 1 aromatic carbocycles. The van der Waals surface area contributed by atoms with Gasteiger partial charge in [-0.25, -0.2) is 5.43 Å². The summed E-state index contributed by atoms with van der Waals surface area (Å²) < 4.78 is 0. The number of hydrogen-bond acceptors (Lipinski definition) is 3. The van der Waals surface area contributed by atoms with Crippen LogP contribution in [0.3, 0.4) is 0 Å². The molecule has 0 unspecified atom stereocenters. The number of hydrogen-bond donors (Lipinski definition) is 2. The number of para-hydroxylation sites is 1. The molecule has 1 aromatic rings. The number of anilines is 1. The van der Waals surface area contributed by atoms with Crippen LogP contribution in [-0.2, 0) is 0 Å². The Morgan fingerprint density at radius 2 is 1.75 bits per heavy atom. The minimum atomic E-state index is -0.381. The highest BCUT2D eigenvalue weighted by Crippen LogP contribution is 2.27. The maximum atomic E-state index is 9.27. The number of hydrazine groups is 1. The Labute approximate surface area is 96.4 Å². The molecule has 3 nitrogen and oxygen atoms in total. The summed E-state index contributed by atoms with van der Waals surface area (Å²) in [4.78, 5) is 0. The second kappa shape index (κ2) is 5.00. The van der Waals surface area contributed by atoms with Gasteiger partial charge in [0.2, 0.25) is 0 Å². The van der Waals surface area contributed by atoms with E-state index in [2.05, 4.69) is 16.9 Å². The fourth-order valence-corrected chi connectivity index (χ4v) is 2.13. The molecule has 3 heteroatoms. The predicted octanol–water partition coefficient (Wildman–Crippen LogP) is 2.83. The van der Waals surface area contributed by atoms with E-state index >= 15 is 0 Å². The fraction of sp³-hybridized carbons (Fsp3) is 0.462. The summed E-state index contributed by atoms with van der Waals surface area (Å²) in [6.07, 6.45) is 5.39. The van der Waals surface area contributed by atoms with Crippen molar-refractivity contribution < 1.29 is 0 Å². The second-order valence-corrected chi connectivity index (χ2v) is 4.37. The van der Waals surface area contributed by atoms with Crippen LogP contribution in [0.4, 0.5) is 5.69 Å². The molecule has 0 atom stereocenters. The van der Waals surface area contributed by atoms with Gasteiger partial charge in [0.05, 0.1) is 6.07 Å². The highest BCUT2D eigenvalue weighted by Gasteiger charge is 2.31. The number of rotatable bonds is 3. The molecule has 2 rings (SSSR count). The van der Waals surface area contributed by atoms with Crippen LogP contribution < -0.4 is 10.9 Å². The van der Waals surface area contributed by atoms with E-state index in [1.807, 2.05) is 30.3 Å². The third kappa shape index (κ3) is 2.53. The average Bonchev–Trinajstić information content (AvgIpc) is 2.39. The van der Waals surface area contributed by atoms with Crippen molar-refractivity contribution in [1.82, 2.24) is 5.43 Å². The molecule has 16 heavy (non-hydrogen) atoms. The van der Waals surface area contributed by atoms with Gasteiger partial charge in [-0.05, 0) is 25.0 Å². The first-order valence-electron chi connectivity index (χ1n) is 5.84. The van der Waals surface area contributed by atoms with Crippen LogP contribution in [0.1, 0.15) is 32.1 Å². The van der Waals surface area contributed by atoms with Crippen molar-refractivity contribution in [3.8, 4) is 6.07 Å². The van der Waals surface area contributed by atoms with Gasteiger partial charge in [0.1, 0.15) is 5.54 Å². The summed E-state index contributed by atoms with van der Waals surface area (Å²) in [5.41, 5.74) is 6.95. The van der Waals surface area contributed by atoms with Crippen molar-refractivity contribution >= 4 is 5.69 Å². The van der Waals surface area contributed by atoms with Crippen molar-refractivity contribution in [3.63, 3.8) is 0 Å². The van der Waals surface area contributed by atoms with Gasteiger partial charge < -0.3 is 5.43 Å². The van der Waals surface area contributed by atoms with Crippen LogP contribution in [0.15, 0.2) is 30.3 Å². The van der Waals surface area contributed by atoms with Gasteiger partial charge in [-0.2, -0.15) is 5.26 Å². The van der Waals surface area contributed by atoms with Crippen molar-refractivity contribution in [2.24, 2.45) is 0 Å². The van der Waals surface area contributed by atoms with Gasteiger partial charge in [-0.1, -0.05) is 37.5 Å². The van der Waals surface area contributed by atoms with E-state index in [1.54, 1.807) is 0 Å². The SMILES string of the molecule is N#CC1(NNc2ccccc2)CCCCC1. The zero-order valence-corrected chi connectivity index (χ0v) is 9.37. The Hall–Kier alpha value is -1.53. The van der Waals surface area contributed by atoms with E-state index < -0.39 is 0 Å². The lowest BCUT2D eigenvalue weighted by atomic mass is 9.83. The molecule has 1 fully saturated rings. The number of nitriles is 1. The monoisotopic (exact) mass is 215 g/mol. The Morgan fingerprint density at radius 3 is 2.38 bits per heavy atom. The summed E-state index contributed by atoms with van der Waals surface area (Å²) in [6.45, 7) is 0. The molecule has 0 radical (unpaired) electrons. The average molecular weight is 215 g/mol. The molecule has 0 spiro atoms. The standard InChI is InChI=1S/C13H17N3/c14-11-13(9-5-2-6-10-13)16-15-12-7-3-1-4-8-12/h1,3-4,7-8,15-16H,2,5-6,9-10H2. The number of nitrogens with zero attached hydrogens (tertiary/aromatic N) is 1. The van der Waals surface area contributed by atoms with Crippen molar-refractivity contribution in [2.75, 3.05) is 5.43 Å². The summed E-state index contributed by atoms with van der Waals surface area (Å²) in [7, 11) is 0. The smallest absolute Gasteiger partial charge is 0.123 e. The lowest BCUT2D eigenvalue weighted by Gasteiger charge is -2.32. The van der Waals surface area contributed by atoms with E-state index in [-0.39, 0.29) is 5.54 Å². The van der Waals surface area contributed by atoms with Crippen LogP contribution in [0.2, 0.25) is 0 Å². The minimum absolute atomic E-state index is 0.381. The second-order valence-electron chi connectivity index (χ2n) is 4.37. The summed E-state index contributed by atoms with van der Waals surface area (Å²) in [6, 6.07) is 12.3. The molecule has 1 aliphatic carbocycles. The van der Waals surface area contributed by atoms with E-state index in [0.29, 0.717) is 0 Å². The van der Waals surface area contributed by atoms with Gasteiger partial charge in [-0.15, -0.1) is 0 Å². The Bertz CT molecular complexity index is 361.